The first-order valence-electron chi connectivity index (χ1n) is 9.41. The number of hydrogen-bond donors (Lipinski definition) is 1. The minimum Gasteiger partial charge on any atom is -0.504 e. The maximum absolute atomic E-state index is 13.1. The SMILES string of the molecule is COc1cc(/C=C2\S/C(=N\N=C\c3ccccc3)N(Cc3ccco3)C2=O)ccc1O. The second-order valence-corrected chi connectivity index (χ2v) is 7.56. The molecule has 1 aromatic heterocycles. The third kappa shape index (κ3) is 4.87. The van der Waals surface area contributed by atoms with Gasteiger partial charge >= 0.3 is 0 Å². The van der Waals surface area contributed by atoms with Crippen LogP contribution >= 0.6 is 11.8 Å². The number of ether oxygens (including phenoxy) is 1. The molecule has 0 spiro atoms. The van der Waals surface area contributed by atoms with Crippen LogP contribution in [0.2, 0.25) is 0 Å². The standard InChI is InChI=1S/C23H19N3O4S/c1-29-20-12-17(9-10-19(20)27)13-21-22(28)26(15-18-8-5-11-30-18)23(31-21)25-24-14-16-6-3-2-4-7-16/h2-14,27H,15H2,1H3/b21-13-,24-14+,25-23-. The van der Waals surface area contributed by atoms with E-state index in [0.717, 1.165) is 11.1 Å². The molecule has 2 heterocycles. The lowest BCUT2D eigenvalue weighted by atomic mass is 10.2. The van der Waals surface area contributed by atoms with Crippen LogP contribution < -0.4 is 4.74 Å². The largest absolute Gasteiger partial charge is 0.504 e. The number of nitrogens with zero attached hydrogens (tertiary/aromatic N) is 3. The fourth-order valence-electron chi connectivity index (χ4n) is 2.90. The highest BCUT2D eigenvalue weighted by Gasteiger charge is 2.34. The van der Waals surface area contributed by atoms with E-state index in [-0.39, 0.29) is 18.2 Å². The van der Waals surface area contributed by atoms with Crippen molar-refractivity contribution in [2.45, 2.75) is 6.54 Å². The van der Waals surface area contributed by atoms with Crippen molar-refractivity contribution in [3.05, 3.63) is 88.7 Å². The van der Waals surface area contributed by atoms with Gasteiger partial charge in [-0.2, -0.15) is 5.10 Å². The third-order valence-electron chi connectivity index (χ3n) is 4.43. The molecule has 1 aliphatic heterocycles. The van der Waals surface area contributed by atoms with Crippen LogP contribution in [0.25, 0.3) is 6.08 Å². The molecule has 0 radical (unpaired) electrons. The summed E-state index contributed by atoms with van der Waals surface area (Å²) >= 11 is 1.23. The van der Waals surface area contributed by atoms with Crippen molar-refractivity contribution in [3.63, 3.8) is 0 Å². The predicted molar refractivity (Wildman–Crippen MR) is 121 cm³/mol. The maximum Gasteiger partial charge on any atom is 0.267 e. The Balaban J connectivity index is 1.63. The average molecular weight is 433 g/mol. The predicted octanol–water partition coefficient (Wildman–Crippen LogP) is 4.50. The molecule has 31 heavy (non-hydrogen) atoms. The number of aromatic hydroxyl groups is 1. The fraction of sp³-hybridized carbons (Fsp3) is 0.0870. The molecule has 2 aromatic carbocycles. The molecule has 1 aliphatic rings. The third-order valence-corrected chi connectivity index (χ3v) is 5.43. The van der Waals surface area contributed by atoms with Crippen LogP contribution in [0.1, 0.15) is 16.9 Å². The number of thioether (sulfide) groups is 1. The molecule has 1 saturated heterocycles. The molecule has 4 rings (SSSR count). The Morgan fingerprint density at radius 2 is 1.97 bits per heavy atom. The van der Waals surface area contributed by atoms with Crippen molar-refractivity contribution < 1.29 is 19.1 Å². The number of phenols is 1. The summed E-state index contributed by atoms with van der Waals surface area (Å²) in [7, 11) is 1.47. The topological polar surface area (TPSA) is 87.6 Å². The zero-order valence-corrected chi connectivity index (χ0v) is 17.5. The summed E-state index contributed by atoms with van der Waals surface area (Å²) in [5, 5.41) is 18.7. The number of hydrogen-bond acceptors (Lipinski definition) is 7. The van der Waals surface area contributed by atoms with Crippen LogP contribution in [0.15, 0.2) is 86.5 Å². The zero-order valence-electron chi connectivity index (χ0n) is 16.6. The van der Waals surface area contributed by atoms with Crippen molar-refractivity contribution in [1.82, 2.24) is 4.90 Å². The summed E-state index contributed by atoms with van der Waals surface area (Å²) in [4.78, 5) is 15.1. The Morgan fingerprint density at radius 1 is 1.13 bits per heavy atom. The Hall–Kier alpha value is -3.78. The molecule has 1 fully saturated rings. The number of methoxy groups -OCH3 is 1. The van der Waals surface area contributed by atoms with Crippen LogP contribution in [0.5, 0.6) is 11.5 Å². The molecule has 1 amide bonds. The van der Waals surface area contributed by atoms with Crippen LogP contribution in [0, 0.1) is 0 Å². The molecule has 0 atom stereocenters. The molecule has 1 N–H and O–H groups in total. The highest BCUT2D eigenvalue weighted by molar-refractivity contribution is 8.18. The molecular formula is C23H19N3O4S. The molecule has 0 unspecified atom stereocenters. The number of amidine groups is 1. The number of carbonyl (C=O) groups excluding carboxylic acids is 1. The Bertz CT molecular complexity index is 1150. The summed E-state index contributed by atoms with van der Waals surface area (Å²) in [5.41, 5.74) is 1.63. The van der Waals surface area contributed by atoms with Crippen molar-refractivity contribution in [2.24, 2.45) is 10.2 Å². The summed E-state index contributed by atoms with van der Waals surface area (Å²) in [6, 6.07) is 18.1. The summed E-state index contributed by atoms with van der Waals surface area (Å²) < 4.78 is 10.6. The van der Waals surface area contributed by atoms with Crippen LogP contribution in [0.3, 0.4) is 0 Å². The molecule has 156 valence electrons. The van der Waals surface area contributed by atoms with Gasteiger partial charge in [-0.25, -0.2) is 0 Å². The van der Waals surface area contributed by atoms with E-state index >= 15 is 0 Å². The van der Waals surface area contributed by atoms with E-state index in [1.54, 1.807) is 42.8 Å². The highest BCUT2D eigenvalue weighted by Crippen LogP contribution is 2.35. The number of phenolic OH excluding ortho intramolecular Hbond substituents is 1. The lowest BCUT2D eigenvalue weighted by Crippen LogP contribution is -2.28. The number of amides is 1. The van der Waals surface area contributed by atoms with Crippen LogP contribution in [-0.2, 0) is 11.3 Å². The van der Waals surface area contributed by atoms with E-state index in [4.69, 9.17) is 9.15 Å². The normalized spacial score (nSPS) is 16.7. The Kier molecular flexibility index (Phi) is 6.18. The van der Waals surface area contributed by atoms with Gasteiger partial charge in [0.15, 0.2) is 16.7 Å². The van der Waals surface area contributed by atoms with Gasteiger partial charge in [0, 0.05) is 0 Å². The second-order valence-electron chi connectivity index (χ2n) is 6.55. The summed E-state index contributed by atoms with van der Waals surface area (Å²) in [6.45, 7) is 0.245. The first-order valence-corrected chi connectivity index (χ1v) is 10.2. The van der Waals surface area contributed by atoms with Crippen molar-refractivity contribution in [2.75, 3.05) is 7.11 Å². The molecule has 8 heteroatoms. The van der Waals surface area contributed by atoms with Gasteiger partial charge < -0.3 is 14.3 Å². The van der Waals surface area contributed by atoms with Gasteiger partial charge in [-0.05, 0) is 53.2 Å². The smallest absolute Gasteiger partial charge is 0.267 e. The molecule has 3 aromatic rings. The van der Waals surface area contributed by atoms with Gasteiger partial charge in [0.25, 0.3) is 5.91 Å². The first kappa shape index (κ1) is 20.5. The summed E-state index contributed by atoms with van der Waals surface area (Å²) in [5.74, 6) is 0.800. The van der Waals surface area contributed by atoms with Gasteiger partial charge in [0.1, 0.15) is 5.76 Å². The second kappa shape index (κ2) is 9.36. The van der Waals surface area contributed by atoms with E-state index in [1.807, 2.05) is 30.3 Å². The summed E-state index contributed by atoms with van der Waals surface area (Å²) in [6.07, 6.45) is 4.93. The monoisotopic (exact) mass is 433 g/mol. The van der Waals surface area contributed by atoms with E-state index in [9.17, 15) is 9.90 Å². The van der Waals surface area contributed by atoms with E-state index in [0.29, 0.717) is 21.6 Å². The number of furan rings is 1. The fourth-order valence-corrected chi connectivity index (χ4v) is 3.83. The minimum atomic E-state index is -0.206. The van der Waals surface area contributed by atoms with Gasteiger partial charge in [0.05, 0.1) is 31.0 Å². The van der Waals surface area contributed by atoms with Gasteiger partial charge in [-0.15, -0.1) is 5.10 Å². The number of carbonyl (C=O) groups is 1. The van der Waals surface area contributed by atoms with E-state index in [2.05, 4.69) is 10.2 Å². The average Bonchev–Trinajstić information content (AvgIpc) is 3.40. The van der Waals surface area contributed by atoms with Crippen LogP contribution in [-0.4, -0.2) is 34.4 Å². The number of rotatable bonds is 6. The molecule has 7 nitrogen and oxygen atoms in total. The highest BCUT2D eigenvalue weighted by atomic mass is 32.2. The molecule has 0 aliphatic carbocycles. The number of benzene rings is 2. The van der Waals surface area contributed by atoms with Gasteiger partial charge in [-0.3, -0.25) is 9.69 Å². The van der Waals surface area contributed by atoms with Crippen LogP contribution in [0.4, 0.5) is 0 Å². The van der Waals surface area contributed by atoms with E-state index in [1.165, 1.54) is 29.8 Å². The Morgan fingerprint density at radius 3 is 2.71 bits per heavy atom. The zero-order chi connectivity index (χ0) is 21.6. The van der Waals surface area contributed by atoms with Crippen molar-refractivity contribution in [3.8, 4) is 11.5 Å². The maximum atomic E-state index is 13.1. The molecule has 0 saturated carbocycles. The molecular weight excluding hydrogens is 414 g/mol. The van der Waals surface area contributed by atoms with Gasteiger partial charge in [0.2, 0.25) is 0 Å². The van der Waals surface area contributed by atoms with Gasteiger partial charge in [-0.1, -0.05) is 36.4 Å². The lowest BCUT2D eigenvalue weighted by Gasteiger charge is -2.12. The molecule has 0 bridgehead atoms. The first-order chi connectivity index (χ1) is 15.1. The lowest BCUT2D eigenvalue weighted by molar-refractivity contribution is -0.122. The minimum absolute atomic E-state index is 0.0343. The van der Waals surface area contributed by atoms with E-state index < -0.39 is 0 Å². The van der Waals surface area contributed by atoms with Crippen molar-refractivity contribution >= 4 is 35.1 Å². The Labute approximate surface area is 183 Å². The van der Waals surface area contributed by atoms with Crippen molar-refractivity contribution in [1.29, 1.82) is 0 Å². The quantitative estimate of drug-likeness (QED) is 0.351.